The largest absolute Gasteiger partial charge is 0.314 e. The molecule has 0 aliphatic carbocycles. The molecular formula is C16H18ClFN4O2. The fraction of sp³-hybridized carbons (Fsp3) is 0.312. The number of nitro groups is 1. The van der Waals surface area contributed by atoms with Crippen LogP contribution in [0.3, 0.4) is 0 Å². The fourth-order valence-electron chi connectivity index (χ4n) is 2.92. The molecule has 0 radical (unpaired) electrons. The van der Waals surface area contributed by atoms with Crippen LogP contribution in [-0.4, -0.2) is 34.4 Å². The molecule has 8 heteroatoms. The van der Waals surface area contributed by atoms with Crippen molar-refractivity contribution in [3.8, 4) is 0 Å². The summed E-state index contributed by atoms with van der Waals surface area (Å²) < 4.78 is 14.1. The number of nitrogens with one attached hydrogen (secondary N) is 1. The van der Waals surface area contributed by atoms with Crippen LogP contribution in [0.4, 0.5) is 10.1 Å². The lowest BCUT2D eigenvalue weighted by atomic mass is 10.0. The van der Waals surface area contributed by atoms with E-state index in [1.165, 1.54) is 18.2 Å². The van der Waals surface area contributed by atoms with Crippen LogP contribution in [0, 0.1) is 15.9 Å². The Kier molecular flexibility index (Phi) is 6.19. The Balaban J connectivity index is 0.00000208. The van der Waals surface area contributed by atoms with Crippen molar-refractivity contribution in [2.45, 2.75) is 12.6 Å². The van der Waals surface area contributed by atoms with E-state index in [0.717, 1.165) is 12.1 Å². The van der Waals surface area contributed by atoms with Crippen molar-refractivity contribution in [2.75, 3.05) is 19.6 Å². The van der Waals surface area contributed by atoms with E-state index in [2.05, 4.69) is 15.2 Å². The zero-order chi connectivity index (χ0) is 16.2. The van der Waals surface area contributed by atoms with Crippen molar-refractivity contribution in [2.24, 2.45) is 0 Å². The molecule has 1 fully saturated rings. The van der Waals surface area contributed by atoms with E-state index in [4.69, 9.17) is 0 Å². The number of aromatic nitrogens is 1. The average molecular weight is 353 g/mol. The Bertz CT molecular complexity index is 702. The lowest BCUT2D eigenvalue weighted by Crippen LogP contribution is -2.45. The first-order chi connectivity index (χ1) is 11.2. The zero-order valence-electron chi connectivity index (χ0n) is 12.9. The Morgan fingerprint density at radius 2 is 2.21 bits per heavy atom. The van der Waals surface area contributed by atoms with Gasteiger partial charge in [0.1, 0.15) is 5.82 Å². The van der Waals surface area contributed by atoms with Gasteiger partial charge < -0.3 is 5.32 Å². The summed E-state index contributed by atoms with van der Waals surface area (Å²) in [5.41, 5.74) is 0.973. The maximum atomic E-state index is 14.1. The average Bonchev–Trinajstić information content (AvgIpc) is 2.58. The molecule has 3 rings (SSSR count). The number of nitro benzene ring substituents is 1. The third-order valence-electron chi connectivity index (χ3n) is 4.08. The summed E-state index contributed by atoms with van der Waals surface area (Å²) in [5.74, 6) is -0.539. The summed E-state index contributed by atoms with van der Waals surface area (Å²) in [6.07, 6.45) is 3.48. The number of hydrogen-bond acceptors (Lipinski definition) is 5. The summed E-state index contributed by atoms with van der Waals surface area (Å²) in [6.45, 7) is 2.35. The maximum absolute atomic E-state index is 14.1. The third-order valence-corrected chi connectivity index (χ3v) is 4.08. The van der Waals surface area contributed by atoms with Gasteiger partial charge in [-0.3, -0.25) is 20.0 Å². The SMILES string of the molecule is Cl.O=[N+]([O-])c1cccc(F)c1CN1CCNCC1c1cccnc1. The van der Waals surface area contributed by atoms with Crippen molar-refractivity contribution < 1.29 is 9.31 Å². The molecule has 6 nitrogen and oxygen atoms in total. The van der Waals surface area contributed by atoms with E-state index < -0.39 is 10.7 Å². The third kappa shape index (κ3) is 3.87. The molecule has 24 heavy (non-hydrogen) atoms. The highest BCUT2D eigenvalue weighted by Gasteiger charge is 2.27. The molecular weight excluding hydrogens is 335 g/mol. The molecule has 128 valence electrons. The van der Waals surface area contributed by atoms with E-state index >= 15 is 0 Å². The molecule has 1 aromatic carbocycles. The Labute approximate surface area is 145 Å². The summed E-state index contributed by atoms with van der Waals surface area (Å²) in [7, 11) is 0. The molecule has 0 bridgehead atoms. The van der Waals surface area contributed by atoms with Crippen LogP contribution in [0.5, 0.6) is 0 Å². The number of piperazine rings is 1. The van der Waals surface area contributed by atoms with Crippen LogP contribution in [0.25, 0.3) is 0 Å². The van der Waals surface area contributed by atoms with Gasteiger partial charge in [-0.2, -0.15) is 0 Å². The molecule has 1 atom stereocenters. The minimum Gasteiger partial charge on any atom is -0.314 e. The number of hydrogen-bond donors (Lipinski definition) is 1. The monoisotopic (exact) mass is 352 g/mol. The van der Waals surface area contributed by atoms with Gasteiger partial charge in [0, 0.05) is 50.7 Å². The van der Waals surface area contributed by atoms with Crippen molar-refractivity contribution >= 4 is 18.1 Å². The van der Waals surface area contributed by atoms with Crippen LogP contribution >= 0.6 is 12.4 Å². The molecule has 1 N–H and O–H groups in total. The van der Waals surface area contributed by atoms with Gasteiger partial charge in [-0.1, -0.05) is 12.1 Å². The highest BCUT2D eigenvalue weighted by molar-refractivity contribution is 5.85. The molecule has 1 aliphatic rings. The standard InChI is InChI=1S/C16H17FN4O2.ClH/c17-14-4-1-5-15(21(22)23)13(14)11-20-8-7-19-10-16(20)12-3-2-6-18-9-12;/h1-6,9,16,19H,7-8,10-11H2;1H. The first kappa shape index (κ1) is 18.3. The van der Waals surface area contributed by atoms with Crippen LogP contribution < -0.4 is 5.32 Å². The highest BCUT2D eigenvalue weighted by atomic mass is 35.5. The van der Waals surface area contributed by atoms with E-state index in [9.17, 15) is 14.5 Å². The Morgan fingerprint density at radius 1 is 1.38 bits per heavy atom. The summed E-state index contributed by atoms with van der Waals surface area (Å²) >= 11 is 0. The fourth-order valence-corrected chi connectivity index (χ4v) is 2.92. The second-order valence-corrected chi connectivity index (χ2v) is 5.47. The molecule has 0 saturated carbocycles. The second kappa shape index (κ2) is 8.14. The highest BCUT2D eigenvalue weighted by Crippen LogP contribution is 2.28. The molecule has 0 amide bonds. The lowest BCUT2D eigenvalue weighted by Gasteiger charge is -2.36. The number of pyridine rings is 1. The molecule has 2 aromatic rings. The van der Waals surface area contributed by atoms with Crippen LogP contribution in [0.2, 0.25) is 0 Å². The van der Waals surface area contributed by atoms with Gasteiger partial charge in [-0.15, -0.1) is 12.4 Å². The predicted molar refractivity (Wildman–Crippen MR) is 90.6 cm³/mol. The first-order valence-corrected chi connectivity index (χ1v) is 7.43. The van der Waals surface area contributed by atoms with Gasteiger partial charge >= 0.3 is 0 Å². The van der Waals surface area contributed by atoms with Gasteiger partial charge in [0.15, 0.2) is 0 Å². The Morgan fingerprint density at radius 3 is 2.92 bits per heavy atom. The predicted octanol–water partition coefficient (Wildman–Crippen LogP) is 2.70. The van der Waals surface area contributed by atoms with Crippen LogP contribution in [0.1, 0.15) is 17.2 Å². The molecule has 1 saturated heterocycles. The molecule has 1 aliphatic heterocycles. The zero-order valence-corrected chi connectivity index (χ0v) is 13.7. The minimum atomic E-state index is -0.539. The summed E-state index contributed by atoms with van der Waals surface area (Å²) in [5, 5.41) is 14.5. The van der Waals surface area contributed by atoms with Crippen molar-refractivity contribution in [1.82, 2.24) is 15.2 Å². The van der Waals surface area contributed by atoms with Crippen molar-refractivity contribution in [3.63, 3.8) is 0 Å². The second-order valence-electron chi connectivity index (χ2n) is 5.47. The van der Waals surface area contributed by atoms with Crippen molar-refractivity contribution in [1.29, 1.82) is 0 Å². The lowest BCUT2D eigenvalue weighted by molar-refractivity contribution is -0.386. The van der Waals surface area contributed by atoms with E-state index in [-0.39, 0.29) is 36.2 Å². The van der Waals surface area contributed by atoms with E-state index in [1.807, 2.05) is 12.1 Å². The molecule has 2 heterocycles. The van der Waals surface area contributed by atoms with Crippen LogP contribution in [0.15, 0.2) is 42.7 Å². The molecule has 1 aromatic heterocycles. The quantitative estimate of drug-likeness (QED) is 0.676. The van der Waals surface area contributed by atoms with E-state index in [1.54, 1.807) is 12.4 Å². The number of benzene rings is 1. The number of rotatable bonds is 4. The first-order valence-electron chi connectivity index (χ1n) is 7.43. The Hall–Kier alpha value is -2.09. The number of nitrogens with zero attached hydrogens (tertiary/aromatic N) is 3. The topological polar surface area (TPSA) is 71.3 Å². The normalized spacial score (nSPS) is 18.0. The van der Waals surface area contributed by atoms with E-state index in [0.29, 0.717) is 13.1 Å². The molecule has 1 unspecified atom stereocenters. The minimum absolute atomic E-state index is 0. The summed E-state index contributed by atoms with van der Waals surface area (Å²) in [6, 6.07) is 7.81. The van der Waals surface area contributed by atoms with Gasteiger partial charge in [-0.05, 0) is 17.7 Å². The van der Waals surface area contributed by atoms with Gasteiger partial charge in [0.25, 0.3) is 5.69 Å². The van der Waals surface area contributed by atoms with Crippen molar-refractivity contribution in [3.05, 3.63) is 69.8 Å². The van der Waals surface area contributed by atoms with Crippen LogP contribution in [-0.2, 0) is 6.54 Å². The molecule has 0 spiro atoms. The number of halogens is 2. The maximum Gasteiger partial charge on any atom is 0.276 e. The van der Waals surface area contributed by atoms with Gasteiger partial charge in [0.2, 0.25) is 0 Å². The smallest absolute Gasteiger partial charge is 0.276 e. The summed E-state index contributed by atoms with van der Waals surface area (Å²) in [4.78, 5) is 16.8. The van der Waals surface area contributed by atoms with Gasteiger partial charge in [0.05, 0.1) is 10.5 Å². The van der Waals surface area contributed by atoms with Gasteiger partial charge in [-0.25, -0.2) is 4.39 Å².